The molecule has 5 nitrogen and oxygen atoms in total. The molecule has 1 heterocycles. The van der Waals surface area contributed by atoms with Gasteiger partial charge in [0.1, 0.15) is 5.75 Å². The summed E-state index contributed by atoms with van der Waals surface area (Å²) in [6.45, 7) is 4.62. The van der Waals surface area contributed by atoms with E-state index in [0.717, 1.165) is 5.75 Å². The number of ether oxygens (including phenoxy) is 2. The van der Waals surface area contributed by atoms with E-state index in [1.807, 2.05) is 18.2 Å². The fraction of sp³-hybridized carbons (Fsp3) is 0.562. The Morgan fingerprint density at radius 3 is 3.00 bits per heavy atom. The van der Waals surface area contributed by atoms with Crippen molar-refractivity contribution in [2.45, 2.75) is 19.4 Å². The molecule has 1 aliphatic rings. The number of nitrogens with one attached hydrogen (secondary N) is 2. The summed E-state index contributed by atoms with van der Waals surface area (Å²) in [6.07, 6.45) is 0.468. The van der Waals surface area contributed by atoms with Crippen molar-refractivity contribution in [3.8, 4) is 5.75 Å². The highest BCUT2D eigenvalue weighted by Gasteiger charge is 2.27. The zero-order valence-electron chi connectivity index (χ0n) is 12.7. The van der Waals surface area contributed by atoms with E-state index in [-0.39, 0.29) is 11.9 Å². The molecule has 0 aliphatic carbocycles. The Balaban J connectivity index is 1.81. The smallest absolute Gasteiger partial charge is 0.221 e. The molecule has 116 valence electrons. The van der Waals surface area contributed by atoms with Gasteiger partial charge >= 0.3 is 0 Å². The SMILES string of the molecule is COCCNC(=O)CCNC1c2ccccc2OCC1C. The minimum absolute atomic E-state index is 0.0487. The van der Waals surface area contributed by atoms with Gasteiger partial charge in [0.2, 0.25) is 5.91 Å². The zero-order chi connectivity index (χ0) is 15.1. The lowest BCUT2D eigenvalue weighted by molar-refractivity contribution is -0.121. The number of hydrogen-bond acceptors (Lipinski definition) is 4. The maximum Gasteiger partial charge on any atom is 0.221 e. The Bertz CT molecular complexity index is 465. The summed E-state index contributed by atoms with van der Waals surface area (Å²) in [7, 11) is 1.62. The monoisotopic (exact) mass is 292 g/mol. The number of carbonyl (C=O) groups is 1. The first kappa shape index (κ1) is 15.8. The molecule has 0 aromatic heterocycles. The zero-order valence-corrected chi connectivity index (χ0v) is 12.7. The third kappa shape index (κ3) is 4.44. The average molecular weight is 292 g/mol. The molecule has 1 aromatic carbocycles. The fourth-order valence-electron chi connectivity index (χ4n) is 2.53. The van der Waals surface area contributed by atoms with Crippen molar-refractivity contribution in [3.63, 3.8) is 0 Å². The second-order valence-electron chi connectivity index (χ2n) is 5.35. The van der Waals surface area contributed by atoms with Gasteiger partial charge in [0.25, 0.3) is 0 Å². The molecule has 0 bridgehead atoms. The number of benzene rings is 1. The number of hydrogen-bond donors (Lipinski definition) is 2. The highest BCUT2D eigenvalue weighted by atomic mass is 16.5. The van der Waals surface area contributed by atoms with Crippen LogP contribution in [0, 0.1) is 5.92 Å². The molecular formula is C16H24N2O3. The van der Waals surface area contributed by atoms with Crippen LogP contribution in [0.2, 0.25) is 0 Å². The van der Waals surface area contributed by atoms with Gasteiger partial charge < -0.3 is 20.1 Å². The van der Waals surface area contributed by atoms with Gasteiger partial charge in [-0.25, -0.2) is 0 Å². The second kappa shape index (κ2) is 8.00. The summed E-state index contributed by atoms with van der Waals surface area (Å²) in [6, 6.07) is 8.32. The van der Waals surface area contributed by atoms with E-state index in [1.165, 1.54) is 5.56 Å². The lowest BCUT2D eigenvalue weighted by Crippen LogP contribution is -2.36. The van der Waals surface area contributed by atoms with E-state index in [2.05, 4.69) is 23.6 Å². The third-order valence-electron chi connectivity index (χ3n) is 3.67. The van der Waals surface area contributed by atoms with E-state index in [4.69, 9.17) is 9.47 Å². The molecule has 2 N–H and O–H groups in total. The van der Waals surface area contributed by atoms with Gasteiger partial charge in [0.15, 0.2) is 0 Å². The van der Waals surface area contributed by atoms with Gasteiger partial charge in [-0.1, -0.05) is 25.1 Å². The molecule has 21 heavy (non-hydrogen) atoms. The Kier molecular flexibility index (Phi) is 6.02. The van der Waals surface area contributed by atoms with Crippen molar-refractivity contribution in [3.05, 3.63) is 29.8 Å². The van der Waals surface area contributed by atoms with Crippen LogP contribution in [0.15, 0.2) is 24.3 Å². The average Bonchev–Trinajstić information content (AvgIpc) is 2.50. The Labute approximate surface area is 126 Å². The van der Waals surface area contributed by atoms with E-state index in [1.54, 1.807) is 7.11 Å². The third-order valence-corrected chi connectivity index (χ3v) is 3.67. The fourth-order valence-corrected chi connectivity index (χ4v) is 2.53. The van der Waals surface area contributed by atoms with Crippen molar-refractivity contribution < 1.29 is 14.3 Å². The lowest BCUT2D eigenvalue weighted by Gasteiger charge is -2.32. The highest BCUT2D eigenvalue weighted by Crippen LogP contribution is 2.34. The van der Waals surface area contributed by atoms with Gasteiger partial charge in [-0.05, 0) is 6.07 Å². The maximum atomic E-state index is 11.7. The summed E-state index contributed by atoms with van der Waals surface area (Å²) in [5, 5.41) is 6.30. The van der Waals surface area contributed by atoms with Crippen LogP contribution in [-0.4, -0.2) is 39.3 Å². The van der Waals surface area contributed by atoms with Crippen LogP contribution in [0.1, 0.15) is 24.9 Å². The molecule has 5 heteroatoms. The largest absolute Gasteiger partial charge is 0.493 e. The molecule has 1 aliphatic heterocycles. The van der Waals surface area contributed by atoms with Gasteiger partial charge in [0, 0.05) is 44.1 Å². The first-order valence-electron chi connectivity index (χ1n) is 7.43. The van der Waals surface area contributed by atoms with Crippen molar-refractivity contribution in [2.24, 2.45) is 5.92 Å². The molecule has 2 atom stereocenters. The molecule has 1 aromatic rings. The van der Waals surface area contributed by atoms with E-state index >= 15 is 0 Å². The topological polar surface area (TPSA) is 59.6 Å². The van der Waals surface area contributed by atoms with Gasteiger partial charge in [0.05, 0.1) is 13.2 Å². The number of methoxy groups -OCH3 is 1. The molecule has 0 saturated heterocycles. The van der Waals surface area contributed by atoms with Crippen LogP contribution in [0.3, 0.4) is 0 Å². The van der Waals surface area contributed by atoms with E-state index in [0.29, 0.717) is 38.6 Å². The summed E-state index contributed by atoms with van der Waals surface area (Å²) in [4.78, 5) is 11.7. The molecule has 1 amide bonds. The van der Waals surface area contributed by atoms with Crippen LogP contribution < -0.4 is 15.4 Å². The number of rotatable bonds is 7. The summed E-state index contributed by atoms with van der Waals surface area (Å²) in [5.74, 6) is 1.38. The van der Waals surface area contributed by atoms with Gasteiger partial charge in [-0.15, -0.1) is 0 Å². The van der Waals surface area contributed by atoms with Crippen molar-refractivity contribution in [1.29, 1.82) is 0 Å². The predicted molar refractivity (Wildman–Crippen MR) is 81.3 cm³/mol. The van der Waals surface area contributed by atoms with E-state index in [9.17, 15) is 4.79 Å². The lowest BCUT2D eigenvalue weighted by atomic mass is 9.92. The molecule has 0 saturated carbocycles. The van der Waals surface area contributed by atoms with Crippen LogP contribution in [0.4, 0.5) is 0 Å². The summed E-state index contributed by atoms with van der Waals surface area (Å²) < 4.78 is 10.6. The predicted octanol–water partition coefficient (Wildman–Crippen LogP) is 1.50. The Morgan fingerprint density at radius 1 is 1.38 bits per heavy atom. The van der Waals surface area contributed by atoms with Crippen LogP contribution >= 0.6 is 0 Å². The number of para-hydroxylation sites is 1. The quantitative estimate of drug-likeness (QED) is 0.748. The highest BCUT2D eigenvalue weighted by molar-refractivity contribution is 5.76. The standard InChI is InChI=1S/C16H24N2O3/c1-12-11-21-14-6-4-3-5-13(14)16(12)18-8-7-15(19)17-9-10-20-2/h3-6,12,16,18H,7-11H2,1-2H3,(H,17,19). The first-order chi connectivity index (χ1) is 10.2. The second-order valence-corrected chi connectivity index (χ2v) is 5.35. The van der Waals surface area contributed by atoms with Crippen molar-refractivity contribution >= 4 is 5.91 Å². The van der Waals surface area contributed by atoms with E-state index < -0.39 is 0 Å². The van der Waals surface area contributed by atoms with Crippen molar-refractivity contribution in [2.75, 3.05) is 33.4 Å². The number of fused-ring (bicyclic) bond motifs is 1. The molecular weight excluding hydrogens is 268 g/mol. The normalized spacial score (nSPS) is 20.5. The number of carbonyl (C=O) groups excluding carboxylic acids is 1. The summed E-state index contributed by atoms with van der Waals surface area (Å²) >= 11 is 0. The molecule has 0 spiro atoms. The van der Waals surface area contributed by atoms with Crippen molar-refractivity contribution in [1.82, 2.24) is 10.6 Å². The Hall–Kier alpha value is -1.59. The molecule has 0 radical (unpaired) electrons. The molecule has 0 fully saturated rings. The van der Waals surface area contributed by atoms with Crippen LogP contribution in [0.5, 0.6) is 5.75 Å². The number of amides is 1. The Morgan fingerprint density at radius 2 is 2.19 bits per heavy atom. The van der Waals surface area contributed by atoms with Crippen LogP contribution in [-0.2, 0) is 9.53 Å². The minimum Gasteiger partial charge on any atom is -0.493 e. The minimum atomic E-state index is 0.0487. The van der Waals surface area contributed by atoms with Crippen LogP contribution in [0.25, 0.3) is 0 Å². The summed E-state index contributed by atoms with van der Waals surface area (Å²) in [5.41, 5.74) is 1.18. The molecule has 2 rings (SSSR count). The van der Waals surface area contributed by atoms with Gasteiger partial charge in [-0.2, -0.15) is 0 Å². The van der Waals surface area contributed by atoms with Gasteiger partial charge in [-0.3, -0.25) is 4.79 Å². The first-order valence-corrected chi connectivity index (χ1v) is 7.43. The molecule has 2 unspecified atom stereocenters. The maximum absolute atomic E-state index is 11.7.